The predicted octanol–water partition coefficient (Wildman–Crippen LogP) is 3.78. The lowest BCUT2D eigenvalue weighted by Gasteiger charge is -2.22. The average Bonchev–Trinajstić information content (AvgIpc) is 3.13. The third-order valence-electron chi connectivity index (χ3n) is 4.94. The number of nitrogens with zero attached hydrogens (tertiary/aromatic N) is 3. The number of fused-ring (bicyclic) bond motifs is 1. The van der Waals surface area contributed by atoms with Crippen LogP contribution in [0.5, 0.6) is 0 Å². The van der Waals surface area contributed by atoms with Gasteiger partial charge in [-0.05, 0) is 29.9 Å². The van der Waals surface area contributed by atoms with Crippen molar-refractivity contribution in [2.75, 3.05) is 11.4 Å². The van der Waals surface area contributed by atoms with E-state index in [1.165, 1.54) is 17.5 Å². The fraction of sp³-hybridized carbons (Fsp3) is 0.227. The fourth-order valence-electron chi connectivity index (χ4n) is 3.61. The maximum absolute atomic E-state index is 13.0. The van der Waals surface area contributed by atoms with Crippen LogP contribution in [-0.2, 0) is 17.6 Å². The van der Waals surface area contributed by atoms with Gasteiger partial charge in [0.25, 0.3) is 0 Å². The summed E-state index contributed by atoms with van der Waals surface area (Å²) in [4.78, 5) is 23.3. The van der Waals surface area contributed by atoms with Crippen LogP contribution in [0.4, 0.5) is 5.82 Å². The van der Waals surface area contributed by atoms with Crippen molar-refractivity contribution in [2.45, 2.75) is 25.2 Å². The molecule has 1 aliphatic heterocycles. The zero-order valence-corrected chi connectivity index (χ0v) is 14.6. The van der Waals surface area contributed by atoms with Gasteiger partial charge in [0.1, 0.15) is 12.1 Å². The zero-order chi connectivity index (χ0) is 17.8. The smallest absolute Gasteiger partial charge is 0.228 e. The van der Waals surface area contributed by atoms with Crippen LogP contribution in [0.1, 0.15) is 29.0 Å². The molecule has 4 rings (SSSR count). The van der Waals surface area contributed by atoms with E-state index in [9.17, 15) is 4.79 Å². The van der Waals surface area contributed by atoms with Gasteiger partial charge in [0.05, 0.1) is 0 Å². The number of carbonyl (C=O) groups is 1. The summed E-state index contributed by atoms with van der Waals surface area (Å²) in [6.45, 7) is 0.694. The van der Waals surface area contributed by atoms with Crippen molar-refractivity contribution in [3.63, 3.8) is 0 Å². The van der Waals surface area contributed by atoms with Crippen molar-refractivity contribution < 1.29 is 4.79 Å². The summed E-state index contributed by atoms with van der Waals surface area (Å²) >= 11 is 0. The number of amides is 1. The molecular formula is C22H21N3O. The van der Waals surface area contributed by atoms with Gasteiger partial charge in [-0.15, -0.1) is 0 Å². The number of hydrogen-bond acceptors (Lipinski definition) is 3. The first-order valence-corrected chi connectivity index (χ1v) is 8.99. The van der Waals surface area contributed by atoms with Gasteiger partial charge in [-0.2, -0.15) is 0 Å². The van der Waals surface area contributed by atoms with E-state index in [0.717, 1.165) is 24.2 Å². The Morgan fingerprint density at radius 3 is 2.54 bits per heavy atom. The van der Waals surface area contributed by atoms with E-state index in [0.29, 0.717) is 13.0 Å². The van der Waals surface area contributed by atoms with Crippen LogP contribution in [0, 0.1) is 0 Å². The Bertz CT molecular complexity index is 880. The molecule has 0 saturated heterocycles. The fourth-order valence-corrected chi connectivity index (χ4v) is 3.61. The molecule has 1 atom stereocenters. The minimum absolute atomic E-state index is 0.132. The summed E-state index contributed by atoms with van der Waals surface area (Å²) in [7, 11) is 0. The molecule has 2 aromatic carbocycles. The second-order valence-corrected chi connectivity index (χ2v) is 6.67. The maximum atomic E-state index is 13.0. The number of benzene rings is 2. The highest BCUT2D eigenvalue weighted by molar-refractivity contribution is 5.94. The Labute approximate surface area is 153 Å². The Balaban J connectivity index is 1.56. The summed E-state index contributed by atoms with van der Waals surface area (Å²) in [6.07, 6.45) is 5.48. The summed E-state index contributed by atoms with van der Waals surface area (Å²) < 4.78 is 0. The van der Waals surface area contributed by atoms with Gasteiger partial charge in [0.15, 0.2) is 0 Å². The first-order valence-electron chi connectivity index (χ1n) is 8.99. The standard InChI is InChI=1S/C22H21N3O/c26-21(25-12-11-19-15-23-16-24-22(19)25)14-20(18-9-5-2-6-10-18)13-17-7-3-1-4-8-17/h1-10,15-16,20H,11-14H2. The number of aromatic nitrogens is 2. The Morgan fingerprint density at radius 1 is 1.04 bits per heavy atom. The summed E-state index contributed by atoms with van der Waals surface area (Å²) in [5, 5.41) is 0. The molecule has 0 fully saturated rings. The van der Waals surface area contributed by atoms with Crippen molar-refractivity contribution in [1.82, 2.24) is 9.97 Å². The van der Waals surface area contributed by atoms with Crippen LogP contribution in [0.2, 0.25) is 0 Å². The summed E-state index contributed by atoms with van der Waals surface area (Å²) in [5.41, 5.74) is 3.50. The highest BCUT2D eigenvalue weighted by atomic mass is 16.2. The van der Waals surface area contributed by atoms with Gasteiger partial charge in [-0.3, -0.25) is 9.69 Å². The van der Waals surface area contributed by atoms with Crippen LogP contribution < -0.4 is 4.90 Å². The Kier molecular flexibility index (Phi) is 4.73. The number of anilines is 1. The van der Waals surface area contributed by atoms with Gasteiger partial charge in [-0.1, -0.05) is 60.7 Å². The minimum Gasteiger partial charge on any atom is -0.296 e. The SMILES string of the molecule is O=C(CC(Cc1ccccc1)c1ccccc1)N1CCc2cncnc21. The van der Waals surface area contributed by atoms with Crippen molar-refractivity contribution in [3.8, 4) is 0 Å². The molecule has 0 N–H and O–H groups in total. The van der Waals surface area contributed by atoms with Gasteiger partial charge >= 0.3 is 0 Å². The summed E-state index contributed by atoms with van der Waals surface area (Å²) in [6, 6.07) is 20.7. The first kappa shape index (κ1) is 16.5. The van der Waals surface area contributed by atoms with E-state index in [2.05, 4.69) is 34.2 Å². The lowest BCUT2D eigenvalue weighted by Crippen LogP contribution is -2.31. The highest BCUT2D eigenvalue weighted by Crippen LogP contribution is 2.29. The molecule has 4 nitrogen and oxygen atoms in total. The molecule has 0 aliphatic carbocycles. The van der Waals surface area contributed by atoms with E-state index in [4.69, 9.17) is 0 Å². The molecule has 1 unspecified atom stereocenters. The third-order valence-corrected chi connectivity index (χ3v) is 4.94. The highest BCUT2D eigenvalue weighted by Gasteiger charge is 2.28. The molecule has 0 saturated carbocycles. The second kappa shape index (κ2) is 7.48. The summed E-state index contributed by atoms with van der Waals surface area (Å²) in [5.74, 6) is 1.06. The molecule has 1 aromatic heterocycles. The van der Waals surface area contributed by atoms with Crippen LogP contribution in [-0.4, -0.2) is 22.4 Å². The maximum Gasteiger partial charge on any atom is 0.228 e. The zero-order valence-electron chi connectivity index (χ0n) is 14.6. The molecule has 0 bridgehead atoms. The monoisotopic (exact) mass is 343 g/mol. The van der Waals surface area contributed by atoms with E-state index in [1.807, 2.05) is 47.5 Å². The van der Waals surface area contributed by atoms with Gasteiger partial charge in [-0.25, -0.2) is 9.97 Å². The Hall–Kier alpha value is -3.01. The molecule has 130 valence electrons. The van der Waals surface area contributed by atoms with E-state index in [-0.39, 0.29) is 11.8 Å². The van der Waals surface area contributed by atoms with Gasteiger partial charge < -0.3 is 0 Å². The van der Waals surface area contributed by atoms with Gasteiger partial charge in [0.2, 0.25) is 5.91 Å². The minimum atomic E-state index is 0.132. The molecule has 3 aromatic rings. The quantitative estimate of drug-likeness (QED) is 0.708. The van der Waals surface area contributed by atoms with Crippen LogP contribution >= 0.6 is 0 Å². The van der Waals surface area contributed by atoms with E-state index < -0.39 is 0 Å². The molecule has 4 heteroatoms. The van der Waals surface area contributed by atoms with E-state index >= 15 is 0 Å². The van der Waals surface area contributed by atoms with Gasteiger partial charge in [0, 0.05) is 24.7 Å². The lowest BCUT2D eigenvalue weighted by atomic mass is 9.89. The van der Waals surface area contributed by atoms with Crippen molar-refractivity contribution in [2.24, 2.45) is 0 Å². The van der Waals surface area contributed by atoms with Crippen LogP contribution in [0.3, 0.4) is 0 Å². The topological polar surface area (TPSA) is 46.1 Å². The number of hydrogen-bond donors (Lipinski definition) is 0. The largest absolute Gasteiger partial charge is 0.296 e. The number of rotatable bonds is 5. The third kappa shape index (κ3) is 3.49. The molecule has 2 heterocycles. The van der Waals surface area contributed by atoms with E-state index in [1.54, 1.807) is 0 Å². The lowest BCUT2D eigenvalue weighted by molar-refractivity contribution is -0.118. The first-order chi connectivity index (χ1) is 12.8. The van der Waals surface area contributed by atoms with Crippen molar-refractivity contribution >= 4 is 11.7 Å². The van der Waals surface area contributed by atoms with Crippen LogP contribution in [0.25, 0.3) is 0 Å². The predicted molar refractivity (Wildman–Crippen MR) is 102 cm³/mol. The molecule has 0 spiro atoms. The molecule has 0 radical (unpaired) electrons. The van der Waals surface area contributed by atoms with Crippen LogP contribution in [0.15, 0.2) is 73.2 Å². The average molecular weight is 343 g/mol. The Morgan fingerprint density at radius 2 is 1.77 bits per heavy atom. The second-order valence-electron chi connectivity index (χ2n) is 6.67. The number of carbonyl (C=O) groups excluding carboxylic acids is 1. The molecule has 1 aliphatic rings. The van der Waals surface area contributed by atoms with Crippen molar-refractivity contribution in [3.05, 3.63) is 89.9 Å². The molecule has 26 heavy (non-hydrogen) atoms. The molecule has 1 amide bonds. The molecular weight excluding hydrogens is 322 g/mol. The normalized spacial score (nSPS) is 14.1. The van der Waals surface area contributed by atoms with Crippen molar-refractivity contribution in [1.29, 1.82) is 0 Å².